The predicted molar refractivity (Wildman–Crippen MR) is 77.2 cm³/mol. The number of carbonyl (C=O) groups excluding carboxylic acids is 1. The van der Waals surface area contributed by atoms with Crippen molar-refractivity contribution < 1.29 is 9.72 Å². The number of amides is 1. The Morgan fingerprint density at radius 3 is 2.65 bits per heavy atom. The van der Waals surface area contributed by atoms with E-state index in [1.165, 1.54) is 6.07 Å². The molecule has 1 aromatic carbocycles. The number of rotatable bonds is 6. The van der Waals surface area contributed by atoms with Gasteiger partial charge in [-0.1, -0.05) is 12.1 Å². The molecule has 0 fully saturated rings. The summed E-state index contributed by atoms with van der Waals surface area (Å²) < 4.78 is 0. The lowest BCUT2D eigenvalue weighted by molar-refractivity contribution is -0.385. The summed E-state index contributed by atoms with van der Waals surface area (Å²) in [6, 6.07) is 4.85. The molecule has 0 spiro atoms. The average molecular weight is 279 g/mol. The number of nitrogens with zero attached hydrogens (tertiary/aromatic N) is 1. The van der Waals surface area contributed by atoms with Crippen molar-refractivity contribution in [2.75, 3.05) is 0 Å². The smallest absolute Gasteiger partial charge is 0.272 e. The second-order valence-electron chi connectivity index (χ2n) is 5.58. The fraction of sp³-hybridized carbons (Fsp3) is 0.500. The summed E-state index contributed by atoms with van der Waals surface area (Å²) in [4.78, 5) is 22.1. The van der Waals surface area contributed by atoms with Gasteiger partial charge in [-0.3, -0.25) is 14.9 Å². The molecule has 0 unspecified atom stereocenters. The van der Waals surface area contributed by atoms with Crippen LogP contribution in [0.5, 0.6) is 0 Å². The van der Waals surface area contributed by atoms with Crippen molar-refractivity contribution in [1.29, 1.82) is 0 Å². The van der Waals surface area contributed by atoms with Gasteiger partial charge in [0, 0.05) is 30.1 Å². The maximum atomic E-state index is 11.7. The first-order chi connectivity index (χ1) is 9.20. The Kier molecular flexibility index (Phi) is 5.21. The average Bonchev–Trinajstić information content (AvgIpc) is 2.34. The summed E-state index contributed by atoms with van der Waals surface area (Å²) >= 11 is 0. The normalized spacial score (nSPS) is 11.2. The Morgan fingerprint density at radius 2 is 2.10 bits per heavy atom. The quantitative estimate of drug-likeness (QED) is 0.615. The summed E-state index contributed by atoms with van der Waals surface area (Å²) in [6.07, 6.45) is 0.935. The summed E-state index contributed by atoms with van der Waals surface area (Å²) in [5, 5.41) is 13.6. The van der Waals surface area contributed by atoms with Crippen LogP contribution in [0.3, 0.4) is 0 Å². The molecule has 0 aromatic heterocycles. The molecule has 0 aliphatic carbocycles. The highest BCUT2D eigenvalue weighted by molar-refractivity contribution is 5.76. The first kappa shape index (κ1) is 16.1. The number of carbonyl (C=O) groups is 1. The van der Waals surface area contributed by atoms with Gasteiger partial charge in [0.2, 0.25) is 5.91 Å². The van der Waals surface area contributed by atoms with Crippen molar-refractivity contribution in [3.05, 3.63) is 39.4 Å². The molecule has 0 bridgehead atoms. The summed E-state index contributed by atoms with van der Waals surface area (Å²) in [5.41, 5.74) is 6.84. The molecule has 0 aliphatic heterocycles. The molecule has 0 radical (unpaired) electrons. The van der Waals surface area contributed by atoms with Gasteiger partial charge < -0.3 is 11.1 Å². The van der Waals surface area contributed by atoms with Crippen molar-refractivity contribution in [2.24, 2.45) is 5.73 Å². The van der Waals surface area contributed by atoms with Gasteiger partial charge in [-0.25, -0.2) is 0 Å². The highest BCUT2D eigenvalue weighted by Crippen LogP contribution is 2.20. The van der Waals surface area contributed by atoms with Gasteiger partial charge in [-0.2, -0.15) is 0 Å². The van der Waals surface area contributed by atoms with Gasteiger partial charge in [0.25, 0.3) is 5.69 Å². The van der Waals surface area contributed by atoms with E-state index in [0.29, 0.717) is 18.4 Å². The first-order valence-electron chi connectivity index (χ1n) is 6.49. The Balaban J connectivity index is 2.60. The maximum Gasteiger partial charge on any atom is 0.272 e. The zero-order valence-electron chi connectivity index (χ0n) is 12.1. The van der Waals surface area contributed by atoms with Crippen molar-refractivity contribution in [3.63, 3.8) is 0 Å². The number of benzene rings is 1. The van der Waals surface area contributed by atoms with Crippen LogP contribution in [-0.4, -0.2) is 16.4 Å². The van der Waals surface area contributed by atoms with E-state index in [1.54, 1.807) is 19.1 Å². The Hall–Kier alpha value is -1.95. The molecular weight excluding hydrogens is 258 g/mol. The third-order valence-electron chi connectivity index (χ3n) is 3.09. The Bertz CT molecular complexity index is 507. The minimum atomic E-state index is -0.419. The summed E-state index contributed by atoms with van der Waals surface area (Å²) in [5.74, 6) is -0.102. The van der Waals surface area contributed by atoms with Crippen molar-refractivity contribution in [1.82, 2.24) is 5.32 Å². The molecular formula is C14H21N3O3. The Labute approximate surface area is 118 Å². The molecule has 1 amide bonds. The van der Waals surface area contributed by atoms with Gasteiger partial charge in [0.05, 0.1) is 4.92 Å². The second-order valence-corrected chi connectivity index (χ2v) is 5.58. The van der Waals surface area contributed by atoms with Gasteiger partial charge in [-0.15, -0.1) is 0 Å². The van der Waals surface area contributed by atoms with E-state index < -0.39 is 4.92 Å². The lowest BCUT2D eigenvalue weighted by atomic mass is 10.00. The summed E-state index contributed by atoms with van der Waals surface area (Å²) in [7, 11) is 0. The molecule has 0 heterocycles. The molecule has 1 rings (SSSR count). The third-order valence-corrected chi connectivity index (χ3v) is 3.09. The Morgan fingerprint density at radius 1 is 1.45 bits per heavy atom. The third kappa shape index (κ3) is 4.97. The molecule has 6 nitrogen and oxygen atoms in total. The van der Waals surface area contributed by atoms with E-state index in [-0.39, 0.29) is 23.7 Å². The monoisotopic (exact) mass is 279 g/mol. The molecule has 1 aromatic rings. The molecule has 0 aliphatic rings. The molecule has 20 heavy (non-hydrogen) atoms. The lowest BCUT2D eigenvalue weighted by Crippen LogP contribution is -2.34. The van der Waals surface area contributed by atoms with E-state index in [1.807, 2.05) is 13.8 Å². The van der Waals surface area contributed by atoms with Gasteiger partial charge in [0.15, 0.2) is 0 Å². The largest absolute Gasteiger partial charge is 0.352 e. The van der Waals surface area contributed by atoms with Gasteiger partial charge >= 0.3 is 0 Å². The van der Waals surface area contributed by atoms with E-state index in [9.17, 15) is 14.9 Å². The molecule has 0 atom stereocenters. The van der Waals surface area contributed by atoms with E-state index in [2.05, 4.69) is 5.32 Å². The van der Waals surface area contributed by atoms with Crippen molar-refractivity contribution in [3.8, 4) is 0 Å². The fourth-order valence-electron chi connectivity index (χ4n) is 1.78. The zero-order valence-corrected chi connectivity index (χ0v) is 12.1. The fourth-order valence-corrected chi connectivity index (χ4v) is 1.78. The lowest BCUT2D eigenvalue weighted by Gasteiger charge is -2.17. The number of nitro groups is 1. The van der Waals surface area contributed by atoms with Crippen LogP contribution >= 0.6 is 0 Å². The second kappa shape index (κ2) is 6.47. The van der Waals surface area contributed by atoms with Crippen LogP contribution in [0.15, 0.2) is 18.2 Å². The first-order valence-corrected chi connectivity index (χ1v) is 6.49. The minimum absolute atomic E-state index is 0.0693. The van der Waals surface area contributed by atoms with Crippen molar-refractivity contribution in [2.45, 2.75) is 45.7 Å². The number of nitro benzene ring substituents is 1. The van der Waals surface area contributed by atoms with E-state index in [4.69, 9.17) is 5.73 Å². The van der Waals surface area contributed by atoms with Crippen LogP contribution in [0.1, 0.15) is 37.8 Å². The number of hydrogen-bond acceptors (Lipinski definition) is 4. The van der Waals surface area contributed by atoms with Crippen LogP contribution in [-0.2, 0) is 11.3 Å². The SMILES string of the molecule is Cc1c(CNC(=O)CCC(C)(C)N)cccc1[N+](=O)[O-]. The topological polar surface area (TPSA) is 98.3 Å². The van der Waals surface area contributed by atoms with Crippen LogP contribution in [0.25, 0.3) is 0 Å². The van der Waals surface area contributed by atoms with Crippen molar-refractivity contribution >= 4 is 11.6 Å². The number of nitrogens with one attached hydrogen (secondary N) is 1. The van der Waals surface area contributed by atoms with Crippen LogP contribution in [0, 0.1) is 17.0 Å². The summed E-state index contributed by atoms with van der Waals surface area (Å²) in [6.45, 7) is 5.70. The molecule has 110 valence electrons. The number of nitrogens with two attached hydrogens (primary N) is 1. The maximum absolute atomic E-state index is 11.7. The molecule has 0 saturated carbocycles. The minimum Gasteiger partial charge on any atom is -0.352 e. The standard InChI is InChI=1S/C14H21N3O3/c1-10-11(5-4-6-12(10)17(19)20)9-16-13(18)7-8-14(2,3)15/h4-6H,7-9,15H2,1-3H3,(H,16,18). The predicted octanol–water partition coefficient (Wildman–Crippen LogP) is 2.04. The van der Waals surface area contributed by atoms with Gasteiger partial charge in [0.1, 0.15) is 0 Å². The highest BCUT2D eigenvalue weighted by atomic mass is 16.6. The number of hydrogen-bond donors (Lipinski definition) is 2. The zero-order chi connectivity index (χ0) is 15.3. The van der Waals surface area contributed by atoms with E-state index >= 15 is 0 Å². The van der Waals surface area contributed by atoms with Gasteiger partial charge in [-0.05, 0) is 32.8 Å². The van der Waals surface area contributed by atoms with Crippen LogP contribution in [0.4, 0.5) is 5.69 Å². The van der Waals surface area contributed by atoms with Crippen LogP contribution < -0.4 is 11.1 Å². The van der Waals surface area contributed by atoms with E-state index in [0.717, 1.165) is 5.56 Å². The molecule has 6 heteroatoms. The molecule has 3 N–H and O–H groups in total. The highest BCUT2D eigenvalue weighted by Gasteiger charge is 2.15. The molecule has 0 saturated heterocycles. The van der Waals surface area contributed by atoms with Crippen LogP contribution in [0.2, 0.25) is 0 Å².